The number of unbranched alkanes of at least 4 members (excludes halogenated alkanes) is 6. The van der Waals surface area contributed by atoms with Crippen molar-refractivity contribution in [2.45, 2.75) is 85.5 Å². The van der Waals surface area contributed by atoms with Crippen molar-refractivity contribution in [3.8, 4) is 0 Å². The summed E-state index contributed by atoms with van der Waals surface area (Å²) in [6.45, 7) is 10.0. The number of carbonyl (C=O) groups is 1. The summed E-state index contributed by atoms with van der Waals surface area (Å²) in [6, 6.07) is 0. The van der Waals surface area contributed by atoms with Crippen LogP contribution in [0.5, 0.6) is 0 Å². The number of nitrogens with zero attached hydrogens (tertiary/aromatic N) is 1. The number of rotatable bonds is 14. The summed E-state index contributed by atoms with van der Waals surface area (Å²) in [5, 5.41) is 1.60. The largest absolute Gasteiger partial charge is 0.278 e. The lowest BCUT2D eigenvalue weighted by Gasteiger charge is -2.24. The lowest BCUT2D eigenvalue weighted by Crippen LogP contribution is -2.52. The van der Waals surface area contributed by atoms with Crippen molar-refractivity contribution in [3.63, 3.8) is 0 Å². The number of hydrogen-bond donors (Lipinski definition) is 2. The second kappa shape index (κ2) is 15.0. The Morgan fingerprint density at radius 3 is 1.77 bits per heavy atom. The maximum atomic E-state index is 12.4. The molecule has 0 aromatic carbocycles. The van der Waals surface area contributed by atoms with Gasteiger partial charge in [-0.15, -0.1) is 0 Å². The number of allylic oxidation sites excluding steroid dienone is 1. The molecule has 4 nitrogen and oxygen atoms in total. The summed E-state index contributed by atoms with van der Waals surface area (Å²) >= 11 is 0. The van der Waals surface area contributed by atoms with Crippen LogP contribution in [0.1, 0.15) is 85.5 Å². The molecule has 0 heterocycles. The maximum Gasteiger partial charge on any atom is 0.278 e. The third-order valence-corrected chi connectivity index (χ3v) is 3.65. The van der Waals surface area contributed by atoms with E-state index in [0.29, 0.717) is 0 Å². The molecule has 22 heavy (non-hydrogen) atoms. The molecule has 0 radical (unpaired) electrons. The van der Waals surface area contributed by atoms with Gasteiger partial charge in [-0.3, -0.25) is 4.79 Å². The minimum absolute atomic E-state index is 0.0350. The standard InChI is InChI=1S/C18H37N3O/c1-5-8-10-12-15-19-21(18(22)17(4)14-7-3)20-16-13-11-9-6-2/h14,19-20H,5-13,15-16H2,1-4H3. The molecule has 0 saturated carbocycles. The molecule has 2 N–H and O–H groups in total. The monoisotopic (exact) mass is 311 g/mol. The van der Waals surface area contributed by atoms with Crippen LogP contribution in [-0.2, 0) is 4.79 Å². The fraction of sp³-hybridized carbons (Fsp3) is 0.833. The van der Waals surface area contributed by atoms with Gasteiger partial charge in [0.15, 0.2) is 0 Å². The van der Waals surface area contributed by atoms with Crippen LogP contribution in [0.15, 0.2) is 11.6 Å². The average Bonchev–Trinajstić information content (AvgIpc) is 2.52. The molecule has 0 rings (SSSR count). The number of amides is 1. The van der Waals surface area contributed by atoms with Gasteiger partial charge in [0.1, 0.15) is 0 Å². The van der Waals surface area contributed by atoms with Gasteiger partial charge in [0.2, 0.25) is 0 Å². The van der Waals surface area contributed by atoms with Crippen LogP contribution in [0.2, 0.25) is 0 Å². The van der Waals surface area contributed by atoms with Crippen molar-refractivity contribution in [2.24, 2.45) is 0 Å². The molecule has 1 amide bonds. The van der Waals surface area contributed by atoms with Crippen molar-refractivity contribution in [1.82, 2.24) is 16.0 Å². The molecular weight excluding hydrogens is 274 g/mol. The predicted octanol–water partition coefficient (Wildman–Crippen LogP) is 4.34. The molecular formula is C18H37N3O. The first-order valence-corrected chi connectivity index (χ1v) is 9.15. The quantitative estimate of drug-likeness (QED) is 0.285. The lowest BCUT2D eigenvalue weighted by molar-refractivity contribution is -0.134. The molecule has 0 aromatic rings. The highest BCUT2D eigenvalue weighted by Gasteiger charge is 2.14. The summed E-state index contributed by atoms with van der Waals surface area (Å²) in [7, 11) is 0. The van der Waals surface area contributed by atoms with E-state index in [1.54, 1.807) is 5.12 Å². The van der Waals surface area contributed by atoms with Gasteiger partial charge in [0, 0.05) is 18.7 Å². The molecule has 0 atom stereocenters. The topological polar surface area (TPSA) is 44.4 Å². The van der Waals surface area contributed by atoms with Gasteiger partial charge in [-0.2, -0.15) is 0 Å². The molecule has 0 spiro atoms. The van der Waals surface area contributed by atoms with Crippen LogP contribution < -0.4 is 10.9 Å². The van der Waals surface area contributed by atoms with Gasteiger partial charge < -0.3 is 0 Å². The summed E-state index contributed by atoms with van der Waals surface area (Å²) in [4.78, 5) is 12.4. The van der Waals surface area contributed by atoms with Crippen LogP contribution in [0.3, 0.4) is 0 Å². The van der Waals surface area contributed by atoms with Crippen molar-refractivity contribution in [3.05, 3.63) is 11.6 Å². The minimum Gasteiger partial charge on any atom is -0.267 e. The highest BCUT2D eigenvalue weighted by atomic mass is 16.2. The zero-order valence-corrected chi connectivity index (χ0v) is 15.2. The van der Waals surface area contributed by atoms with Crippen LogP contribution in [0.25, 0.3) is 0 Å². The highest BCUT2D eigenvalue weighted by molar-refractivity contribution is 5.92. The highest BCUT2D eigenvalue weighted by Crippen LogP contribution is 2.02. The smallest absolute Gasteiger partial charge is 0.267 e. The van der Waals surface area contributed by atoms with Gasteiger partial charge in [-0.25, -0.2) is 16.0 Å². The third-order valence-electron chi connectivity index (χ3n) is 3.65. The van der Waals surface area contributed by atoms with E-state index in [1.807, 2.05) is 13.0 Å². The lowest BCUT2D eigenvalue weighted by atomic mass is 10.2. The Labute approximate surface area is 137 Å². The van der Waals surface area contributed by atoms with Crippen molar-refractivity contribution < 1.29 is 4.79 Å². The van der Waals surface area contributed by atoms with Gasteiger partial charge in [-0.05, 0) is 26.2 Å². The maximum absolute atomic E-state index is 12.4. The fourth-order valence-corrected chi connectivity index (χ4v) is 2.25. The van der Waals surface area contributed by atoms with E-state index in [1.165, 1.54) is 38.5 Å². The number of nitrogens with one attached hydrogen (secondary N) is 2. The Balaban J connectivity index is 4.24. The van der Waals surface area contributed by atoms with Crippen LogP contribution >= 0.6 is 0 Å². The summed E-state index contributed by atoms with van der Waals surface area (Å²) in [6.07, 6.45) is 12.5. The average molecular weight is 312 g/mol. The summed E-state index contributed by atoms with van der Waals surface area (Å²) in [5.74, 6) is 0.0350. The second-order valence-electron chi connectivity index (χ2n) is 5.87. The Bertz CT molecular complexity index is 289. The van der Waals surface area contributed by atoms with E-state index >= 15 is 0 Å². The van der Waals surface area contributed by atoms with Crippen LogP contribution in [0, 0.1) is 0 Å². The van der Waals surface area contributed by atoms with Gasteiger partial charge in [0.05, 0.1) is 0 Å². The predicted molar refractivity (Wildman–Crippen MR) is 95.2 cm³/mol. The van der Waals surface area contributed by atoms with Crippen molar-refractivity contribution >= 4 is 5.91 Å². The number of hydrogen-bond acceptors (Lipinski definition) is 3. The normalized spacial score (nSPS) is 11.7. The Hall–Kier alpha value is -0.870. The van der Waals surface area contributed by atoms with E-state index in [2.05, 4.69) is 31.6 Å². The molecule has 0 aliphatic rings. The summed E-state index contributed by atoms with van der Waals surface area (Å²) in [5.41, 5.74) is 7.28. The molecule has 0 bridgehead atoms. The Morgan fingerprint density at radius 2 is 1.36 bits per heavy atom. The zero-order valence-electron chi connectivity index (χ0n) is 15.2. The molecule has 130 valence electrons. The first-order valence-electron chi connectivity index (χ1n) is 9.15. The van der Waals surface area contributed by atoms with Gasteiger partial charge in [-0.1, -0.05) is 65.4 Å². The van der Waals surface area contributed by atoms with E-state index in [0.717, 1.165) is 37.9 Å². The Morgan fingerprint density at radius 1 is 0.864 bits per heavy atom. The molecule has 4 heteroatoms. The van der Waals surface area contributed by atoms with E-state index in [9.17, 15) is 4.79 Å². The van der Waals surface area contributed by atoms with Crippen LogP contribution in [0.4, 0.5) is 0 Å². The third kappa shape index (κ3) is 10.8. The summed E-state index contributed by atoms with van der Waals surface area (Å²) < 4.78 is 0. The molecule has 0 fully saturated rings. The van der Waals surface area contributed by atoms with Gasteiger partial charge >= 0.3 is 0 Å². The number of hydrazine groups is 2. The molecule has 0 aliphatic heterocycles. The first kappa shape index (κ1) is 21.1. The van der Waals surface area contributed by atoms with E-state index in [4.69, 9.17) is 0 Å². The van der Waals surface area contributed by atoms with Crippen molar-refractivity contribution in [2.75, 3.05) is 13.1 Å². The molecule has 0 aliphatic carbocycles. The van der Waals surface area contributed by atoms with Crippen molar-refractivity contribution in [1.29, 1.82) is 0 Å². The first-order chi connectivity index (χ1) is 10.7. The SMILES string of the molecule is CCC=C(C)C(=O)N(NCCCCCC)NCCCCCC. The fourth-order valence-electron chi connectivity index (χ4n) is 2.25. The number of carbonyl (C=O) groups excluding carboxylic acids is 1. The van der Waals surface area contributed by atoms with E-state index in [-0.39, 0.29) is 5.91 Å². The van der Waals surface area contributed by atoms with E-state index < -0.39 is 0 Å². The second-order valence-corrected chi connectivity index (χ2v) is 5.87. The van der Waals surface area contributed by atoms with Crippen LogP contribution in [-0.4, -0.2) is 24.1 Å². The molecule has 0 saturated heterocycles. The van der Waals surface area contributed by atoms with Gasteiger partial charge in [0.25, 0.3) is 5.91 Å². The minimum atomic E-state index is 0.0350. The zero-order chi connectivity index (χ0) is 16.6. The Kier molecular flexibility index (Phi) is 14.4. The molecule has 0 aromatic heterocycles. The molecule has 0 unspecified atom stereocenters.